The van der Waals surface area contributed by atoms with Gasteiger partial charge >= 0.3 is 0 Å². The van der Waals surface area contributed by atoms with Crippen LogP contribution >= 0.6 is 0 Å². The first kappa shape index (κ1) is 10.8. The SMILES string of the molecule is O=C1C(/C=C/C2C=NN=C2)=CCc2ccccc21. The minimum absolute atomic E-state index is 0.0972. The van der Waals surface area contributed by atoms with E-state index in [4.69, 9.17) is 0 Å². The fourth-order valence-corrected chi connectivity index (χ4v) is 2.12. The molecule has 0 fully saturated rings. The van der Waals surface area contributed by atoms with Crippen LogP contribution in [0.4, 0.5) is 0 Å². The number of benzene rings is 1. The molecule has 0 saturated carbocycles. The van der Waals surface area contributed by atoms with Crippen molar-refractivity contribution < 1.29 is 4.79 Å². The third kappa shape index (κ3) is 1.95. The Kier molecular flexibility index (Phi) is 2.73. The first-order valence-electron chi connectivity index (χ1n) is 5.92. The highest BCUT2D eigenvalue weighted by Gasteiger charge is 2.17. The topological polar surface area (TPSA) is 41.8 Å². The van der Waals surface area contributed by atoms with Gasteiger partial charge in [-0.25, -0.2) is 0 Å². The zero-order valence-electron chi connectivity index (χ0n) is 9.78. The van der Waals surface area contributed by atoms with E-state index >= 15 is 0 Å². The van der Waals surface area contributed by atoms with Crippen molar-refractivity contribution in [2.75, 3.05) is 0 Å². The first-order valence-corrected chi connectivity index (χ1v) is 5.92. The summed E-state index contributed by atoms with van der Waals surface area (Å²) in [4.78, 5) is 12.2. The normalized spacial score (nSPS) is 18.4. The van der Waals surface area contributed by atoms with Gasteiger partial charge in [-0.2, -0.15) is 10.2 Å². The lowest BCUT2D eigenvalue weighted by molar-refractivity contribution is 0.103. The van der Waals surface area contributed by atoms with Crippen molar-refractivity contribution in [1.29, 1.82) is 0 Å². The Hall–Kier alpha value is -2.29. The van der Waals surface area contributed by atoms with Crippen molar-refractivity contribution in [3.8, 4) is 0 Å². The molecule has 1 aliphatic heterocycles. The molecule has 3 nitrogen and oxygen atoms in total. The molecule has 88 valence electrons. The number of hydrogen-bond donors (Lipinski definition) is 0. The summed E-state index contributed by atoms with van der Waals surface area (Å²) in [5.74, 6) is 0.204. The molecule has 0 unspecified atom stereocenters. The molecule has 0 saturated heterocycles. The van der Waals surface area contributed by atoms with Gasteiger partial charge in [-0.15, -0.1) is 0 Å². The van der Waals surface area contributed by atoms with Crippen LogP contribution in [0.5, 0.6) is 0 Å². The van der Waals surface area contributed by atoms with Gasteiger partial charge in [-0.1, -0.05) is 42.5 Å². The smallest absolute Gasteiger partial charge is 0.192 e. The van der Waals surface area contributed by atoms with E-state index in [-0.39, 0.29) is 11.7 Å². The summed E-state index contributed by atoms with van der Waals surface area (Å²) < 4.78 is 0. The molecule has 0 amide bonds. The van der Waals surface area contributed by atoms with Gasteiger partial charge in [0.2, 0.25) is 0 Å². The monoisotopic (exact) mass is 236 g/mol. The van der Waals surface area contributed by atoms with Crippen molar-refractivity contribution in [3.05, 3.63) is 59.2 Å². The lowest BCUT2D eigenvalue weighted by atomic mass is 9.90. The van der Waals surface area contributed by atoms with Crippen LogP contribution in [0.15, 0.2) is 58.3 Å². The molecule has 0 aromatic heterocycles. The van der Waals surface area contributed by atoms with Gasteiger partial charge in [0.25, 0.3) is 0 Å². The largest absolute Gasteiger partial charge is 0.289 e. The number of carbonyl (C=O) groups excluding carboxylic acids is 1. The number of rotatable bonds is 2. The molecule has 2 aliphatic rings. The summed E-state index contributed by atoms with van der Waals surface area (Å²) in [6.07, 6.45) is 10.1. The van der Waals surface area contributed by atoms with Crippen LogP contribution in [0.1, 0.15) is 15.9 Å². The third-order valence-corrected chi connectivity index (χ3v) is 3.11. The predicted octanol–water partition coefficient (Wildman–Crippen LogP) is 2.59. The molecule has 0 N–H and O–H groups in total. The zero-order chi connectivity index (χ0) is 12.4. The number of nitrogens with zero attached hydrogens (tertiary/aromatic N) is 2. The van der Waals surface area contributed by atoms with Crippen molar-refractivity contribution in [1.82, 2.24) is 0 Å². The Labute approximate surface area is 105 Å². The lowest BCUT2D eigenvalue weighted by Crippen LogP contribution is -2.11. The second-order valence-electron chi connectivity index (χ2n) is 4.32. The maximum atomic E-state index is 12.2. The number of fused-ring (bicyclic) bond motifs is 1. The second kappa shape index (κ2) is 4.53. The highest BCUT2D eigenvalue weighted by molar-refractivity contribution is 6.12. The van der Waals surface area contributed by atoms with Crippen LogP contribution < -0.4 is 0 Å². The molecular formula is C15H12N2O. The van der Waals surface area contributed by atoms with Crippen LogP contribution in [0.25, 0.3) is 0 Å². The Bertz CT molecular complexity index is 597. The van der Waals surface area contributed by atoms with E-state index in [1.165, 1.54) is 0 Å². The predicted molar refractivity (Wildman–Crippen MR) is 72.2 cm³/mol. The van der Waals surface area contributed by atoms with Crippen LogP contribution in [0, 0.1) is 5.92 Å². The van der Waals surface area contributed by atoms with E-state index in [0.29, 0.717) is 0 Å². The summed E-state index contributed by atoms with van der Waals surface area (Å²) in [6, 6.07) is 7.75. The Balaban J connectivity index is 1.83. The molecule has 1 aromatic rings. The van der Waals surface area contributed by atoms with Crippen LogP contribution in [-0.4, -0.2) is 18.2 Å². The molecule has 3 rings (SSSR count). The van der Waals surface area contributed by atoms with Gasteiger partial charge < -0.3 is 0 Å². The summed E-state index contributed by atoms with van der Waals surface area (Å²) in [6.45, 7) is 0. The number of ketones is 1. The maximum Gasteiger partial charge on any atom is 0.192 e. The average Bonchev–Trinajstić information content (AvgIpc) is 2.91. The van der Waals surface area contributed by atoms with Crippen LogP contribution in [0.2, 0.25) is 0 Å². The highest BCUT2D eigenvalue weighted by atomic mass is 16.1. The zero-order valence-corrected chi connectivity index (χ0v) is 9.78. The first-order chi connectivity index (χ1) is 8.84. The van der Waals surface area contributed by atoms with Gasteiger partial charge in [-0.3, -0.25) is 4.79 Å². The van der Waals surface area contributed by atoms with E-state index in [1.807, 2.05) is 42.5 Å². The van der Waals surface area contributed by atoms with Crippen molar-refractivity contribution in [2.45, 2.75) is 6.42 Å². The average molecular weight is 236 g/mol. The summed E-state index contributed by atoms with van der Waals surface area (Å²) >= 11 is 0. The third-order valence-electron chi connectivity index (χ3n) is 3.11. The van der Waals surface area contributed by atoms with E-state index < -0.39 is 0 Å². The van der Waals surface area contributed by atoms with Crippen LogP contribution in [-0.2, 0) is 6.42 Å². The van der Waals surface area contributed by atoms with E-state index in [2.05, 4.69) is 10.2 Å². The maximum absolute atomic E-state index is 12.2. The molecule has 1 aromatic carbocycles. The number of allylic oxidation sites excluding steroid dienone is 4. The number of Topliss-reactive ketones (excluding diaryl/α,β-unsaturated/α-hetero) is 1. The molecule has 0 spiro atoms. The quantitative estimate of drug-likeness (QED) is 0.778. The molecule has 0 radical (unpaired) electrons. The molecule has 0 bridgehead atoms. The summed E-state index contributed by atoms with van der Waals surface area (Å²) in [7, 11) is 0. The molecule has 1 heterocycles. The van der Waals surface area contributed by atoms with E-state index in [0.717, 1.165) is 23.1 Å². The van der Waals surface area contributed by atoms with Gasteiger partial charge in [0.1, 0.15) is 0 Å². The molecule has 18 heavy (non-hydrogen) atoms. The molecule has 3 heteroatoms. The summed E-state index contributed by atoms with van der Waals surface area (Å²) in [5.41, 5.74) is 2.67. The van der Waals surface area contributed by atoms with Crippen molar-refractivity contribution in [2.24, 2.45) is 16.1 Å². The van der Waals surface area contributed by atoms with E-state index in [9.17, 15) is 4.79 Å². The Morgan fingerprint density at radius 3 is 2.78 bits per heavy atom. The minimum Gasteiger partial charge on any atom is -0.289 e. The standard InChI is InChI=1S/C15H12N2O/c18-15-13(6-5-11-9-16-17-10-11)8-7-12-3-1-2-4-14(12)15/h1-6,8-11H,7H2/b6-5+. The number of carbonyl (C=O) groups is 1. The van der Waals surface area contributed by atoms with Gasteiger partial charge in [0.15, 0.2) is 5.78 Å². The van der Waals surface area contributed by atoms with Gasteiger partial charge in [0, 0.05) is 23.6 Å². The van der Waals surface area contributed by atoms with Crippen molar-refractivity contribution >= 4 is 18.2 Å². The second-order valence-corrected chi connectivity index (χ2v) is 4.32. The number of hydrogen-bond acceptors (Lipinski definition) is 3. The minimum atomic E-state index is 0.0972. The fourth-order valence-electron chi connectivity index (χ4n) is 2.12. The van der Waals surface area contributed by atoms with Crippen molar-refractivity contribution in [3.63, 3.8) is 0 Å². The molecule has 1 aliphatic carbocycles. The fraction of sp³-hybridized carbons (Fsp3) is 0.133. The molecular weight excluding hydrogens is 224 g/mol. The van der Waals surface area contributed by atoms with Crippen LogP contribution in [0.3, 0.4) is 0 Å². The Morgan fingerprint density at radius 2 is 1.94 bits per heavy atom. The van der Waals surface area contributed by atoms with E-state index in [1.54, 1.807) is 12.4 Å². The lowest BCUT2D eigenvalue weighted by Gasteiger charge is -2.13. The highest BCUT2D eigenvalue weighted by Crippen LogP contribution is 2.21. The molecule has 0 atom stereocenters. The van der Waals surface area contributed by atoms with Gasteiger partial charge in [-0.05, 0) is 12.0 Å². The Morgan fingerprint density at radius 1 is 1.17 bits per heavy atom. The summed E-state index contributed by atoms with van der Waals surface area (Å²) in [5, 5.41) is 7.54. The van der Waals surface area contributed by atoms with Gasteiger partial charge in [0.05, 0.1) is 5.92 Å².